The maximum absolute atomic E-state index is 13.0. The molecule has 2 aromatic rings. The van der Waals surface area contributed by atoms with E-state index in [0.29, 0.717) is 16.3 Å². The molecule has 1 aliphatic rings. The second-order valence-electron chi connectivity index (χ2n) is 6.28. The SMILES string of the molecule is CC(=O)N(NC(=O)c1ccncc1)C1CC(=O)N(c2cc(Cl)ccc2C)C1=O. The van der Waals surface area contributed by atoms with Gasteiger partial charge in [-0.25, -0.2) is 9.91 Å². The van der Waals surface area contributed by atoms with E-state index in [0.717, 1.165) is 9.91 Å². The number of carbonyl (C=O) groups excluding carboxylic acids is 4. The molecule has 0 aliphatic carbocycles. The summed E-state index contributed by atoms with van der Waals surface area (Å²) < 4.78 is 0. The molecule has 9 heteroatoms. The molecule has 28 heavy (non-hydrogen) atoms. The third-order valence-corrected chi connectivity index (χ3v) is 4.59. The van der Waals surface area contributed by atoms with Crippen LogP contribution in [0.4, 0.5) is 5.69 Å². The Kier molecular flexibility index (Phi) is 5.41. The van der Waals surface area contributed by atoms with Gasteiger partial charge in [0.05, 0.1) is 12.1 Å². The van der Waals surface area contributed by atoms with Crippen LogP contribution in [-0.2, 0) is 14.4 Å². The van der Waals surface area contributed by atoms with Crippen LogP contribution in [-0.4, -0.2) is 39.7 Å². The van der Waals surface area contributed by atoms with Crippen LogP contribution in [0.2, 0.25) is 5.02 Å². The number of amides is 4. The van der Waals surface area contributed by atoms with Crippen molar-refractivity contribution >= 4 is 40.9 Å². The zero-order valence-electron chi connectivity index (χ0n) is 15.2. The molecule has 0 radical (unpaired) electrons. The molecule has 0 bridgehead atoms. The predicted octanol–water partition coefficient (Wildman–Crippen LogP) is 1.87. The second kappa shape index (κ2) is 7.77. The standard InChI is InChI=1S/C19H17ClN4O4/c1-11-3-4-14(20)9-15(11)23-17(26)10-16(19(23)28)24(12(2)25)22-18(27)13-5-7-21-8-6-13/h3-9,16H,10H2,1-2H3,(H,22,27). The quantitative estimate of drug-likeness (QED) is 0.626. The van der Waals surface area contributed by atoms with E-state index in [1.54, 1.807) is 19.1 Å². The monoisotopic (exact) mass is 400 g/mol. The van der Waals surface area contributed by atoms with Crippen LogP contribution in [0.1, 0.15) is 29.3 Å². The number of nitrogens with one attached hydrogen (secondary N) is 1. The van der Waals surface area contributed by atoms with Crippen molar-refractivity contribution in [2.45, 2.75) is 26.3 Å². The van der Waals surface area contributed by atoms with Gasteiger partial charge in [-0.1, -0.05) is 17.7 Å². The Bertz CT molecular complexity index is 964. The average Bonchev–Trinajstić information content (AvgIpc) is 2.96. The first-order valence-electron chi connectivity index (χ1n) is 8.43. The van der Waals surface area contributed by atoms with Crippen LogP contribution in [0, 0.1) is 6.92 Å². The highest BCUT2D eigenvalue weighted by Gasteiger charge is 2.45. The second-order valence-corrected chi connectivity index (χ2v) is 6.72. The summed E-state index contributed by atoms with van der Waals surface area (Å²) in [6.07, 6.45) is 2.61. The largest absolute Gasteiger partial charge is 0.274 e. The van der Waals surface area contributed by atoms with Gasteiger partial charge in [0, 0.05) is 29.9 Å². The molecule has 1 fully saturated rings. The fraction of sp³-hybridized carbons (Fsp3) is 0.211. The van der Waals surface area contributed by atoms with Crippen molar-refractivity contribution in [2.75, 3.05) is 4.90 Å². The van der Waals surface area contributed by atoms with Gasteiger partial charge in [0.2, 0.25) is 11.8 Å². The molecule has 4 amide bonds. The van der Waals surface area contributed by atoms with Crippen LogP contribution in [0.3, 0.4) is 0 Å². The summed E-state index contributed by atoms with van der Waals surface area (Å²) in [4.78, 5) is 54.8. The highest BCUT2D eigenvalue weighted by atomic mass is 35.5. The maximum atomic E-state index is 13.0. The third-order valence-electron chi connectivity index (χ3n) is 4.35. The Labute approximate surface area is 166 Å². The molecule has 1 aliphatic heterocycles. The molecule has 8 nitrogen and oxygen atoms in total. The van der Waals surface area contributed by atoms with E-state index in [4.69, 9.17) is 11.6 Å². The van der Waals surface area contributed by atoms with Crippen molar-refractivity contribution in [3.8, 4) is 0 Å². The number of imide groups is 1. The fourth-order valence-electron chi connectivity index (χ4n) is 2.95. The molecule has 144 valence electrons. The maximum Gasteiger partial charge on any atom is 0.270 e. The van der Waals surface area contributed by atoms with Crippen LogP contribution >= 0.6 is 11.6 Å². The van der Waals surface area contributed by atoms with E-state index in [1.807, 2.05) is 0 Å². The van der Waals surface area contributed by atoms with Gasteiger partial charge < -0.3 is 0 Å². The van der Waals surface area contributed by atoms with E-state index in [2.05, 4.69) is 10.4 Å². The summed E-state index contributed by atoms with van der Waals surface area (Å²) >= 11 is 6.00. The Hall–Kier alpha value is -3.26. The van der Waals surface area contributed by atoms with Crippen molar-refractivity contribution in [1.29, 1.82) is 0 Å². The molecule has 1 atom stereocenters. The normalized spacial score (nSPS) is 16.2. The van der Waals surface area contributed by atoms with Gasteiger partial charge in [0.1, 0.15) is 6.04 Å². The highest BCUT2D eigenvalue weighted by Crippen LogP contribution is 2.30. The minimum absolute atomic E-state index is 0.249. The molecule has 1 unspecified atom stereocenters. The number of aryl methyl sites for hydroxylation is 1. The number of hydrogen-bond donors (Lipinski definition) is 1. The van der Waals surface area contributed by atoms with Crippen LogP contribution < -0.4 is 10.3 Å². The average molecular weight is 401 g/mol. The first-order chi connectivity index (χ1) is 13.3. The first kappa shape index (κ1) is 19.5. The lowest BCUT2D eigenvalue weighted by molar-refractivity contribution is -0.139. The summed E-state index contributed by atoms with van der Waals surface area (Å²) in [5.41, 5.74) is 3.72. The molecule has 1 aromatic carbocycles. The number of anilines is 1. The van der Waals surface area contributed by atoms with Gasteiger partial charge in [-0.3, -0.25) is 29.6 Å². The topological polar surface area (TPSA) is 99.7 Å². The zero-order chi connectivity index (χ0) is 20.4. The summed E-state index contributed by atoms with van der Waals surface area (Å²) in [6, 6.07) is 6.66. The Morgan fingerprint density at radius 1 is 1.21 bits per heavy atom. The Morgan fingerprint density at radius 2 is 1.89 bits per heavy atom. The summed E-state index contributed by atoms with van der Waals surface area (Å²) in [6.45, 7) is 2.95. The summed E-state index contributed by atoms with van der Waals surface area (Å²) in [5, 5.41) is 1.27. The predicted molar refractivity (Wildman–Crippen MR) is 101 cm³/mol. The molecule has 0 saturated carbocycles. The Morgan fingerprint density at radius 3 is 2.54 bits per heavy atom. The fourth-order valence-corrected chi connectivity index (χ4v) is 3.11. The smallest absolute Gasteiger partial charge is 0.270 e. The molecule has 0 spiro atoms. The molecule has 3 rings (SSSR count). The lowest BCUT2D eigenvalue weighted by atomic mass is 10.2. The number of carbonyl (C=O) groups is 4. The molecular weight excluding hydrogens is 384 g/mol. The van der Waals surface area contributed by atoms with Gasteiger partial charge in [-0.2, -0.15) is 0 Å². The van der Waals surface area contributed by atoms with E-state index < -0.39 is 29.7 Å². The molecular formula is C19H17ClN4O4. The number of rotatable bonds is 3. The number of halogens is 1. The number of aromatic nitrogens is 1. The lowest BCUT2D eigenvalue weighted by Crippen LogP contribution is -2.54. The number of nitrogens with zero attached hydrogens (tertiary/aromatic N) is 3. The first-order valence-corrected chi connectivity index (χ1v) is 8.81. The number of pyridine rings is 1. The molecule has 2 heterocycles. The zero-order valence-corrected chi connectivity index (χ0v) is 15.9. The number of hydrazine groups is 1. The van der Waals surface area contributed by atoms with Crippen molar-refractivity contribution < 1.29 is 19.2 Å². The van der Waals surface area contributed by atoms with Crippen molar-refractivity contribution in [3.63, 3.8) is 0 Å². The summed E-state index contributed by atoms with van der Waals surface area (Å²) in [7, 11) is 0. The van der Waals surface area contributed by atoms with Gasteiger partial charge in [-0.15, -0.1) is 0 Å². The number of hydrogen-bond acceptors (Lipinski definition) is 5. The van der Waals surface area contributed by atoms with Gasteiger partial charge in [-0.05, 0) is 36.8 Å². The summed E-state index contributed by atoms with van der Waals surface area (Å²) in [5.74, 6) is -2.25. The van der Waals surface area contributed by atoms with Crippen LogP contribution in [0.5, 0.6) is 0 Å². The van der Waals surface area contributed by atoms with E-state index in [9.17, 15) is 19.2 Å². The number of benzene rings is 1. The minimum atomic E-state index is -1.14. The van der Waals surface area contributed by atoms with Gasteiger partial charge in [0.15, 0.2) is 0 Å². The molecule has 1 saturated heterocycles. The minimum Gasteiger partial charge on any atom is -0.274 e. The van der Waals surface area contributed by atoms with E-state index in [-0.39, 0.29) is 12.0 Å². The van der Waals surface area contributed by atoms with Crippen molar-refractivity contribution in [2.24, 2.45) is 0 Å². The van der Waals surface area contributed by atoms with Crippen LogP contribution in [0.15, 0.2) is 42.7 Å². The van der Waals surface area contributed by atoms with Crippen molar-refractivity contribution in [3.05, 3.63) is 58.9 Å². The van der Waals surface area contributed by atoms with Gasteiger partial charge >= 0.3 is 0 Å². The van der Waals surface area contributed by atoms with Gasteiger partial charge in [0.25, 0.3) is 11.8 Å². The Balaban J connectivity index is 1.88. The molecule has 1 aromatic heterocycles. The van der Waals surface area contributed by atoms with E-state index in [1.165, 1.54) is 37.5 Å². The van der Waals surface area contributed by atoms with Crippen LogP contribution in [0.25, 0.3) is 0 Å². The lowest BCUT2D eigenvalue weighted by Gasteiger charge is -2.26. The van der Waals surface area contributed by atoms with Crippen molar-refractivity contribution in [1.82, 2.24) is 15.4 Å². The molecule has 1 N–H and O–H groups in total. The third kappa shape index (κ3) is 3.72. The highest BCUT2D eigenvalue weighted by molar-refractivity contribution is 6.31. The van der Waals surface area contributed by atoms with E-state index >= 15 is 0 Å².